The van der Waals surface area contributed by atoms with Crippen LogP contribution in [0.25, 0.3) is 16.0 Å². The van der Waals surface area contributed by atoms with Gasteiger partial charge in [0.25, 0.3) is 5.78 Å². The van der Waals surface area contributed by atoms with Crippen molar-refractivity contribution in [2.75, 3.05) is 25.7 Å². The maximum atomic E-state index is 13.7. The van der Waals surface area contributed by atoms with Gasteiger partial charge in [0.05, 0.1) is 42.7 Å². The van der Waals surface area contributed by atoms with E-state index < -0.39 is 17.7 Å². The molecule has 0 aliphatic carbocycles. The van der Waals surface area contributed by atoms with Crippen molar-refractivity contribution in [3.8, 4) is 23.0 Å². The number of thiazole rings is 1. The fourth-order valence-electron chi connectivity index (χ4n) is 5.35. The molecule has 1 amide bonds. The summed E-state index contributed by atoms with van der Waals surface area (Å²) in [6.07, 6.45) is 0.696. The summed E-state index contributed by atoms with van der Waals surface area (Å²) < 4.78 is 23.2. The topological polar surface area (TPSA) is 107 Å². The summed E-state index contributed by atoms with van der Waals surface area (Å²) in [5.41, 5.74) is 2.53. The number of benzene rings is 3. The Morgan fingerprint density at radius 1 is 1.07 bits per heavy atom. The van der Waals surface area contributed by atoms with E-state index in [-0.39, 0.29) is 17.4 Å². The lowest BCUT2D eigenvalue weighted by atomic mass is 9.94. The van der Waals surface area contributed by atoms with E-state index in [1.807, 2.05) is 32.0 Å². The van der Waals surface area contributed by atoms with Gasteiger partial charge in [0.1, 0.15) is 23.4 Å². The van der Waals surface area contributed by atoms with E-state index in [4.69, 9.17) is 23.9 Å². The van der Waals surface area contributed by atoms with Crippen molar-refractivity contribution < 1.29 is 33.6 Å². The first-order valence-electron chi connectivity index (χ1n) is 13.2. The number of ether oxygens (including phenoxy) is 4. The minimum atomic E-state index is -0.967. The van der Waals surface area contributed by atoms with Crippen LogP contribution in [-0.2, 0) is 16.0 Å². The van der Waals surface area contributed by atoms with Crippen molar-refractivity contribution in [3.63, 3.8) is 0 Å². The van der Waals surface area contributed by atoms with Crippen molar-refractivity contribution in [2.24, 2.45) is 0 Å². The molecule has 6 rings (SSSR count). The summed E-state index contributed by atoms with van der Waals surface area (Å²) in [7, 11) is 3.04. The maximum Gasteiger partial charge on any atom is 0.301 e. The number of carbonyl (C=O) groups excluding carboxylic acids is 2. The zero-order valence-corrected chi connectivity index (χ0v) is 23.8. The number of methoxy groups -OCH3 is 2. The number of aromatic nitrogens is 1. The predicted octanol–water partition coefficient (Wildman–Crippen LogP) is 5.66. The molecule has 1 aromatic heterocycles. The standard InChI is InChI=1S/C31H28N2O7S/c1-5-39-20-8-9-21-25(15-20)41-31(32-21)33-27(17-6-11-23(37-3)24(14-17)38-4)26(29(35)30(33)36)28(34)18-7-10-22-19(13-18)12-16(2)40-22/h6-11,13-16,27,34H,5,12H2,1-4H3/b28-26-. The van der Waals surface area contributed by atoms with Gasteiger partial charge in [-0.2, -0.15) is 0 Å². The van der Waals surface area contributed by atoms with Crippen molar-refractivity contribution >= 4 is 44.1 Å². The van der Waals surface area contributed by atoms with Gasteiger partial charge in [0, 0.05) is 12.0 Å². The van der Waals surface area contributed by atoms with Gasteiger partial charge < -0.3 is 24.1 Å². The highest BCUT2D eigenvalue weighted by Gasteiger charge is 2.48. The first-order chi connectivity index (χ1) is 19.8. The van der Waals surface area contributed by atoms with Crippen LogP contribution >= 0.6 is 11.3 Å². The molecule has 10 heteroatoms. The van der Waals surface area contributed by atoms with Crippen molar-refractivity contribution in [2.45, 2.75) is 32.4 Å². The molecule has 1 saturated heterocycles. The Kier molecular flexibility index (Phi) is 6.78. The number of amides is 1. The lowest BCUT2D eigenvalue weighted by Gasteiger charge is -2.23. The van der Waals surface area contributed by atoms with Crippen LogP contribution in [0.5, 0.6) is 23.0 Å². The van der Waals surface area contributed by atoms with Crippen LogP contribution in [0.3, 0.4) is 0 Å². The van der Waals surface area contributed by atoms with E-state index in [0.29, 0.717) is 52.1 Å². The van der Waals surface area contributed by atoms with E-state index in [2.05, 4.69) is 0 Å². The second-order valence-electron chi connectivity index (χ2n) is 9.80. The molecule has 0 bridgehead atoms. The highest BCUT2D eigenvalue weighted by atomic mass is 32.1. The lowest BCUT2D eigenvalue weighted by Crippen LogP contribution is -2.29. The molecule has 1 N–H and O–H groups in total. The molecule has 4 aromatic rings. The number of anilines is 1. The van der Waals surface area contributed by atoms with Crippen molar-refractivity contribution in [1.82, 2.24) is 4.98 Å². The van der Waals surface area contributed by atoms with E-state index in [9.17, 15) is 14.7 Å². The number of hydrogen-bond donors (Lipinski definition) is 1. The van der Waals surface area contributed by atoms with Crippen LogP contribution in [0.15, 0.2) is 60.2 Å². The normalized spacial score (nSPS) is 19.4. The van der Waals surface area contributed by atoms with Gasteiger partial charge >= 0.3 is 5.91 Å². The van der Waals surface area contributed by atoms with Crippen LogP contribution < -0.4 is 23.8 Å². The minimum Gasteiger partial charge on any atom is -0.507 e. The molecule has 2 unspecified atom stereocenters. The SMILES string of the molecule is CCOc1ccc2nc(N3C(=O)C(=O)/C(=C(\O)c4ccc5c(c4)CC(C)O5)C3c3ccc(OC)c(OC)c3)sc2c1. The Bertz CT molecular complexity index is 1730. The molecule has 3 heterocycles. The minimum absolute atomic E-state index is 0.0158. The quantitative estimate of drug-likeness (QED) is 0.172. The van der Waals surface area contributed by atoms with Crippen LogP contribution in [0.4, 0.5) is 5.13 Å². The molecular weight excluding hydrogens is 544 g/mol. The molecule has 3 aromatic carbocycles. The van der Waals surface area contributed by atoms with Crippen LogP contribution in [-0.4, -0.2) is 48.7 Å². The van der Waals surface area contributed by atoms with Crippen molar-refractivity contribution in [3.05, 3.63) is 76.9 Å². The third kappa shape index (κ3) is 4.54. The molecule has 210 valence electrons. The molecule has 9 nitrogen and oxygen atoms in total. The van der Waals surface area contributed by atoms with Crippen LogP contribution in [0, 0.1) is 0 Å². The molecule has 0 spiro atoms. The molecule has 2 atom stereocenters. The van der Waals surface area contributed by atoms with Crippen LogP contribution in [0.1, 0.15) is 36.6 Å². The lowest BCUT2D eigenvalue weighted by molar-refractivity contribution is -0.132. The molecule has 1 fully saturated rings. The monoisotopic (exact) mass is 572 g/mol. The number of aliphatic hydroxyl groups is 1. The number of rotatable bonds is 7. The van der Waals surface area contributed by atoms with Gasteiger partial charge in [0.2, 0.25) is 0 Å². The average molecular weight is 573 g/mol. The highest BCUT2D eigenvalue weighted by Crippen LogP contribution is 2.46. The number of fused-ring (bicyclic) bond motifs is 2. The Balaban J connectivity index is 1.53. The first-order valence-corrected chi connectivity index (χ1v) is 14.0. The third-order valence-electron chi connectivity index (χ3n) is 7.20. The maximum absolute atomic E-state index is 13.7. The molecule has 0 radical (unpaired) electrons. The number of hydrogen-bond acceptors (Lipinski definition) is 9. The Morgan fingerprint density at radius 3 is 2.63 bits per heavy atom. The molecule has 2 aliphatic rings. The first kappa shape index (κ1) is 26.6. The summed E-state index contributed by atoms with van der Waals surface area (Å²) in [6, 6.07) is 14.9. The number of ketones is 1. The summed E-state index contributed by atoms with van der Waals surface area (Å²) in [4.78, 5) is 33.4. The zero-order chi connectivity index (χ0) is 28.8. The number of Topliss-reactive ketones (excluding diaryl/α,β-unsaturated/α-hetero) is 1. The summed E-state index contributed by atoms with van der Waals surface area (Å²) in [5.74, 6) is 0.479. The van der Waals surface area contributed by atoms with Gasteiger partial charge in [-0.05, 0) is 73.5 Å². The van der Waals surface area contributed by atoms with Crippen LogP contribution in [0.2, 0.25) is 0 Å². The van der Waals surface area contributed by atoms with Gasteiger partial charge in [-0.3, -0.25) is 14.5 Å². The predicted molar refractivity (Wildman–Crippen MR) is 155 cm³/mol. The van der Waals surface area contributed by atoms with Gasteiger partial charge in [-0.25, -0.2) is 4.98 Å². The summed E-state index contributed by atoms with van der Waals surface area (Å²) >= 11 is 1.27. The largest absolute Gasteiger partial charge is 0.507 e. The van der Waals surface area contributed by atoms with E-state index in [1.165, 1.54) is 30.5 Å². The van der Waals surface area contributed by atoms with Gasteiger partial charge in [0.15, 0.2) is 16.6 Å². The van der Waals surface area contributed by atoms with Gasteiger partial charge in [-0.1, -0.05) is 17.4 Å². The fourth-order valence-corrected chi connectivity index (χ4v) is 6.37. The van der Waals surface area contributed by atoms with Crippen molar-refractivity contribution in [1.29, 1.82) is 0 Å². The summed E-state index contributed by atoms with van der Waals surface area (Å²) in [6.45, 7) is 4.38. The number of carbonyl (C=O) groups is 2. The average Bonchev–Trinajstić information content (AvgIpc) is 3.64. The second-order valence-corrected chi connectivity index (χ2v) is 10.8. The Hall–Kier alpha value is -4.57. The Labute approximate surface area is 240 Å². The second kappa shape index (κ2) is 10.4. The smallest absolute Gasteiger partial charge is 0.301 e. The molecule has 41 heavy (non-hydrogen) atoms. The highest BCUT2D eigenvalue weighted by molar-refractivity contribution is 7.22. The zero-order valence-electron chi connectivity index (χ0n) is 23.0. The van der Waals surface area contributed by atoms with E-state index >= 15 is 0 Å². The third-order valence-corrected chi connectivity index (χ3v) is 8.22. The summed E-state index contributed by atoms with van der Waals surface area (Å²) in [5, 5.41) is 11.9. The molecule has 0 saturated carbocycles. The number of nitrogens with zero attached hydrogens (tertiary/aromatic N) is 2. The van der Waals surface area contributed by atoms with E-state index in [1.54, 1.807) is 36.4 Å². The van der Waals surface area contributed by atoms with Gasteiger partial charge in [-0.15, -0.1) is 0 Å². The van der Waals surface area contributed by atoms with E-state index in [0.717, 1.165) is 16.0 Å². The molecule has 2 aliphatic heterocycles. The Morgan fingerprint density at radius 2 is 1.88 bits per heavy atom. The fraction of sp³-hybridized carbons (Fsp3) is 0.258. The number of aliphatic hydroxyl groups excluding tert-OH is 1. The molecular formula is C31H28N2O7S.